The number of hydrogen-bond acceptors (Lipinski definition) is 1. The second-order valence-electron chi connectivity index (χ2n) is 3.03. The maximum Gasteiger partial charge on any atom is 0.390 e. The maximum atomic E-state index is 11.7. The predicted octanol–water partition coefficient (Wildman–Crippen LogP) is 1.47. The van der Waals surface area contributed by atoms with Crippen LogP contribution in [0.5, 0.6) is 0 Å². The minimum Gasteiger partial charge on any atom is -0.331 e. The lowest BCUT2D eigenvalue weighted by molar-refractivity contribution is -0.141. The zero-order valence-corrected chi connectivity index (χ0v) is 9.54. The first-order chi connectivity index (χ1) is 6.10. The van der Waals surface area contributed by atoms with Gasteiger partial charge in [0.15, 0.2) is 0 Å². The predicted molar refractivity (Wildman–Crippen MR) is 42.9 cm³/mol. The molecule has 86 valence electrons. The summed E-state index contributed by atoms with van der Waals surface area (Å²) in [7, 11) is 0.209. The molecule has 0 aromatic rings. The van der Waals surface area contributed by atoms with Gasteiger partial charge >= 0.3 is 12.4 Å². The van der Waals surface area contributed by atoms with Crippen molar-refractivity contribution in [2.75, 3.05) is 13.1 Å². The summed E-state index contributed by atoms with van der Waals surface area (Å²) < 4.78 is 71.1. The lowest BCUT2D eigenvalue weighted by Gasteiger charge is -2.18. The maximum absolute atomic E-state index is 11.7. The van der Waals surface area contributed by atoms with E-state index >= 15 is 0 Å². The molecule has 0 amide bonds. The molecule has 0 aliphatic heterocycles. The van der Waals surface area contributed by atoms with E-state index in [4.69, 9.17) is 0 Å². The Kier molecular flexibility index (Phi) is 4.92. The number of nitrogens with zero attached hydrogens (tertiary/aromatic N) is 1. The highest BCUT2D eigenvalue weighted by Crippen LogP contribution is 2.21. The first kappa shape index (κ1) is 13.8. The molecule has 0 aromatic carbocycles. The minimum atomic E-state index is -4.29. The largest absolute Gasteiger partial charge is 0.390 e. The van der Waals surface area contributed by atoms with E-state index in [0.29, 0.717) is 0 Å². The molecule has 0 bridgehead atoms. The molecule has 0 spiro atoms. The molecule has 0 fully saturated rings. The SMILES string of the molecule is FC(F)(F)CCN([SiH3])CCC(F)(F)F. The van der Waals surface area contributed by atoms with Gasteiger partial charge in [0.2, 0.25) is 0 Å². The molecule has 1 nitrogen and oxygen atoms in total. The Labute approximate surface area is 80.6 Å². The fourth-order valence-electron chi connectivity index (χ4n) is 0.747. The molecule has 0 aliphatic carbocycles. The third-order valence-electron chi connectivity index (χ3n) is 1.55. The summed E-state index contributed by atoms with van der Waals surface area (Å²) in [5.74, 6) is 0. The smallest absolute Gasteiger partial charge is 0.331 e. The zero-order valence-electron chi connectivity index (χ0n) is 7.54. The Bertz CT molecular complexity index is 147. The minimum absolute atomic E-state index is 0.209. The standard InChI is InChI=1S/C6H11F6NSi/c7-5(8,9)1-3-13(14)4-2-6(10,11)12/h1-4H2,14H3. The van der Waals surface area contributed by atoms with E-state index in [-0.39, 0.29) is 23.5 Å². The molecule has 0 atom stereocenters. The van der Waals surface area contributed by atoms with E-state index in [2.05, 4.69) is 0 Å². The quantitative estimate of drug-likeness (QED) is 0.530. The monoisotopic (exact) mass is 239 g/mol. The summed E-state index contributed by atoms with van der Waals surface area (Å²) in [6, 6.07) is 0. The van der Waals surface area contributed by atoms with Crippen LogP contribution in [-0.4, -0.2) is 40.4 Å². The van der Waals surface area contributed by atoms with E-state index in [0.717, 1.165) is 4.57 Å². The molecule has 8 heteroatoms. The van der Waals surface area contributed by atoms with Gasteiger partial charge in [-0.3, -0.25) is 0 Å². The number of halogens is 6. The highest BCUT2D eigenvalue weighted by Gasteiger charge is 2.29. The molecular weight excluding hydrogens is 228 g/mol. The highest BCUT2D eigenvalue weighted by atomic mass is 28.2. The van der Waals surface area contributed by atoms with Crippen molar-refractivity contribution < 1.29 is 26.3 Å². The van der Waals surface area contributed by atoms with Crippen molar-refractivity contribution in [2.24, 2.45) is 0 Å². The van der Waals surface area contributed by atoms with E-state index in [9.17, 15) is 26.3 Å². The van der Waals surface area contributed by atoms with Crippen molar-refractivity contribution in [2.45, 2.75) is 25.2 Å². The van der Waals surface area contributed by atoms with Crippen LogP contribution in [0.25, 0.3) is 0 Å². The molecule has 0 saturated carbocycles. The Morgan fingerprint density at radius 3 is 1.29 bits per heavy atom. The Morgan fingerprint density at radius 2 is 1.07 bits per heavy atom. The molecule has 0 rings (SSSR count). The second-order valence-corrected chi connectivity index (χ2v) is 4.30. The fourth-order valence-corrected chi connectivity index (χ4v) is 1.19. The van der Waals surface area contributed by atoms with Gasteiger partial charge in [-0.25, -0.2) is 0 Å². The Balaban J connectivity index is 3.62. The first-order valence-electron chi connectivity index (χ1n) is 3.92. The Hall–Kier alpha value is -0.243. The lowest BCUT2D eigenvalue weighted by Crippen LogP contribution is -2.29. The van der Waals surface area contributed by atoms with Crippen LogP contribution in [-0.2, 0) is 0 Å². The van der Waals surface area contributed by atoms with Crippen LogP contribution < -0.4 is 0 Å². The topological polar surface area (TPSA) is 3.24 Å². The third kappa shape index (κ3) is 9.84. The van der Waals surface area contributed by atoms with E-state index in [1.54, 1.807) is 0 Å². The van der Waals surface area contributed by atoms with Crippen molar-refractivity contribution in [1.29, 1.82) is 0 Å². The average molecular weight is 239 g/mol. The Morgan fingerprint density at radius 1 is 0.786 bits per heavy atom. The molecule has 0 radical (unpaired) electrons. The van der Waals surface area contributed by atoms with Crippen molar-refractivity contribution in [3.05, 3.63) is 0 Å². The molecule has 0 saturated heterocycles. The van der Waals surface area contributed by atoms with Crippen molar-refractivity contribution in [3.63, 3.8) is 0 Å². The average Bonchev–Trinajstić information content (AvgIpc) is 1.94. The van der Waals surface area contributed by atoms with Crippen LogP contribution in [0.2, 0.25) is 0 Å². The fraction of sp³-hybridized carbons (Fsp3) is 1.00. The second kappa shape index (κ2) is 5.01. The summed E-state index contributed by atoms with van der Waals surface area (Å²) in [6.07, 6.45) is -10.7. The van der Waals surface area contributed by atoms with Crippen LogP contribution in [0.15, 0.2) is 0 Å². The van der Waals surface area contributed by atoms with Gasteiger partial charge in [0.25, 0.3) is 0 Å². The van der Waals surface area contributed by atoms with Gasteiger partial charge in [-0.1, -0.05) is 0 Å². The van der Waals surface area contributed by atoms with E-state index in [1.165, 1.54) is 0 Å². The van der Waals surface area contributed by atoms with Crippen molar-refractivity contribution in [1.82, 2.24) is 4.57 Å². The van der Waals surface area contributed by atoms with Gasteiger partial charge in [-0.05, 0) is 13.1 Å². The highest BCUT2D eigenvalue weighted by molar-refractivity contribution is 6.04. The van der Waals surface area contributed by atoms with Gasteiger partial charge in [-0.2, -0.15) is 26.3 Å². The molecule has 0 heterocycles. The summed E-state index contributed by atoms with van der Waals surface area (Å²) in [5, 5.41) is 0. The summed E-state index contributed by atoms with van der Waals surface area (Å²) >= 11 is 0. The van der Waals surface area contributed by atoms with Crippen molar-refractivity contribution in [3.8, 4) is 0 Å². The summed E-state index contributed by atoms with van der Waals surface area (Å²) in [5.41, 5.74) is 0. The summed E-state index contributed by atoms with van der Waals surface area (Å²) in [6.45, 7) is -0.683. The van der Waals surface area contributed by atoms with E-state index in [1.807, 2.05) is 0 Å². The van der Waals surface area contributed by atoms with Gasteiger partial charge in [0, 0.05) is 0 Å². The van der Waals surface area contributed by atoms with Gasteiger partial charge < -0.3 is 4.57 Å². The summed E-state index contributed by atoms with van der Waals surface area (Å²) in [4.78, 5) is 0. The molecule has 14 heavy (non-hydrogen) atoms. The zero-order chi connectivity index (χ0) is 11.4. The molecule has 0 N–H and O–H groups in total. The normalized spacial score (nSPS) is 13.9. The van der Waals surface area contributed by atoms with Crippen LogP contribution in [0.3, 0.4) is 0 Å². The third-order valence-corrected chi connectivity index (χ3v) is 2.45. The van der Waals surface area contributed by atoms with Crippen LogP contribution >= 0.6 is 0 Å². The number of alkyl halides is 6. The molecular formula is C6H11F6NSi. The van der Waals surface area contributed by atoms with Gasteiger partial charge in [0.05, 0.1) is 23.2 Å². The number of hydrogen-bond donors (Lipinski definition) is 0. The van der Waals surface area contributed by atoms with E-state index < -0.39 is 25.2 Å². The van der Waals surface area contributed by atoms with Gasteiger partial charge in [0.1, 0.15) is 0 Å². The first-order valence-corrected chi connectivity index (χ1v) is 4.82. The lowest BCUT2D eigenvalue weighted by atomic mass is 10.3. The van der Waals surface area contributed by atoms with Crippen LogP contribution in [0.4, 0.5) is 26.3 Å². The molecule has 0 aliphatic rings. The molecule has 0 unspecified atom stereocenters. The van der Waals surface area contributed by atoms with Crippen molar-refractivity contribution >= 4 is 10.4 Å². The van der Waals surface area contributed by atoms with Crippen LogP contribution in [0.1, 0.15) is 12.8 Å². The van der Waals surface area contributed by atoms with Crippen LogP contribution in [0, 0.1) is 0 Å². The van der Waals surface area contributed by atoms with Gasteiger partial charge in [-0.15, -0.1) is 0 Å². The number of rotatable bonds is 4. The molecule has 0 aromatic heterocycles.